The van der Waals surface area contributed by atoms with E-state index in [1.165, 1.54) is 0 Å². The highest BCUT2D eigenvalue weighted by Gasteiger charge is 2.15. The largest absolute Gasteiger partial charge is 0.490 e. The molecular formula is C19H23NO2. The molecule has 0 aliphatic heterocycles. The van der Waals surface area contributed by atoms with Crippen molar-refractivity contribution < 1.29 is 9.84 Å². The van der Waals surface area contributed by atoms with Gasteiger partial charge in [-0.2, -0.15) is 0 Å². The highest BCUT2D eigenvalue weighted by molar-refractivity contribution is 5.27. The molecule has 22 heavy (non-hydrogen) atoms. The van der Waals surface area contributed by atoms with Crippen LogP contribution in [0.25, 0.3) is 0 Å². The minimum atomic E-state index is -0.517. The fourth-order valence-electron chi connectivity index (χ4n) is 2.19. The molecule has 0 saturated heterocycles. The van der Waals surface area contributed by atoms with Gasteiger partial charge in [-0.1, -0.05) is 55.1 Å². The summed E-state index contributed by atoms with van der Waals surface area (Å²) in [4.78, 5) is 0. The SMILES string of the molecule is C=CCOc1ccc(CN[C@H](C)[C@H](O)c2ccccc2)cc1. The van der Waals surface area contributed by atoms with Crippen LogP contribution < -0.4 is 10.1 Å². The van der Waals surface area contributed by atoms with Crippen LogP contribution in [-0.4, -0.2) is 17.8 Å². The number of aliphatic hydroxyl groups excluding tert-OH is 1. The molecule has 0 radical (unpaired) electrons. The van der Waals surface area contributed by atoms with Crippen LogP contribution in [0.2, 0.25) is 0 Å². The second kappa shape index (κ2) is 8.37. The lowest BCUT2D eigenvalue weighted by molar-refractivity contribution is 0.135. The number of benzene rings is 2. The van der Waals surface area contributed by atoms with Crippen molar-refractivity contribution in [2.45, 2.75) is 25.6 Å². The van der Waals surface area contributed by atoms with E-state index in [1.807, 2.05) is 61.5 Å². The molecule has 0 fully saturated rings. The Morgan fingerprint density at radius 3 is 2.45 bits per heavy atom. The normalized spacial score (nSPS) is 13.4. The number of nitrogens with one attached hydrogen (secondary N) is 1. The smallest absolute Gasteiger partial charge is 0.119 e. The predicted octanol–water partition coefficient (Wildman–Crippen LogP) is 3.46. The van der Waals surface area contributed by atoms with Crippen LogP contribution in [0, 0.1) is 0 Å². The Bertz CT molecular complexity index is 566. The van der Waals surface area contributed by atoms with Crippen molar-refractivity contribution in [3.8, 4) is 5.75 Å². The summed E-state index contributed by atoms with van der Waals surface area (Å²) in [5, 5.41) is 13.7. The first-order chi connectivity index (χ1) is 10.7. The van der Waals surface area contributed by atoms with E-state index >= 15 is 0 Å². The third-order valence-corrected chi connectivity index (χ3v) is 3.53. The summed E-state index contributed by atoms with van der Waals surface area (Å²) in [7, 11) is 0. The fourth-order valence-corrected chi connectivity index (χ4v) is 2.19. The van der Waals surface area contributed by atoms with Gasteiger partial charge in [-0.25, -0.2) is 0 Å². The highest BCUT2D eigenvalue weighted by Crippen LogP contribution is 2.17. The van der Waals surface area contributed by atoms with Gasteiger partial charge >= 0.3 is 0 Å². The van der Waals surface area contributed by atoms with E-state index in [1.54, 1.807) is 6.08 Å². The van der Waals surface area contributed by atoms with Crippen molar-refractivity contribution in [1.29, 1.82) is 0 Å². The average molecular weight is 297 g/mol. The molecule has 0 unspecified atom stereocenters. The molecule has 2 N–H and O–H groups in total. The molecule has 2 rings (SSSR count). The molecule has 2 aromatic rings. The van der Waals surface area contributed by atoms with E-state index in [2.05, 4.69) is 11.9 Å². The van der Waals surface area contributed by atoms with Gasteiger partial charge < -0.3 is 15.2 Å². The molecule has 0 amide bonds. The van der Waals surface area contributed by atoms with Gasteiger partial charge in [-0.05, 0) is 30.2 Å². The zero-order valence-electron chi connectivity index (χ0n) is 12.9. The second-order valence-electron chi connectivity index (χ2n) is 5.27. The van der Waals surface area contributed by atoms with E-state index in [-0.39, 0.29) is 6.04 Å². The van der Waals surface area contributed by atoms with Crippen LogP contribution in [0.1, 0.15) is 24.2 Å². The Labute approximate surface area is 132 Å². The molecule has 0 heterocycles. The van der Waals surface area contributed by atoms with Gasteiger partial charge in [0.25, 0.3) is 0 Å². The van der Waals surface area contributed by atoms with Gasteiger partial charge in [0, 0.05) is 12.6 Å². The van der Waals surface area contributed by atoms with Crippen molar-refractivity contribution in [3.05, 3.63) is 78.4 Å². The quantitative estimate of drug-likeness (QED) is 0.733. The molecule has 2 aromatic carbocycles. The van der Waals surface area contributed by atoms with E-state index < -0.39 is 6.10 Å². The maximum Gasteiger partial charge on any atom is 0.119 e. The van der Waals surface area contributed by atoms with Crippen LogP contribution in [0.5, 0.6) is 5.75 Å². The molecular weight excluding hydrogens is 274 g/mol. The molecule has 3 nitrogen and oxygen atoms in total. The maximum absolute atomic E-state index is 10.3. The van der Waals surface area contributed by atoms with Crippen LogP contribution in [0.15, 0.2) is 67.3 Å². The minimum Gasteiger partial charge on any atom is -0.490 e. The van der Waals surface area contributed by atoms with Crippen LogP contribution in [0.4, 0.5) is 0 Å². The van der Waals surface area contributed by atoms with E-state index in [9.17, 15) is 5.11 Å². The zero-order chi connectivity index (χ0) is 15.8. The molecule has 0 spiro atoms. The van der Waals surface area contributed by atoms with E-state index in [0.29, 0.717) is 13.2 Å². The number of ether oxygens (including phenoxy) is 1. The van der Waals surface area contributed by atoms with Crippen molar-refractivity contribution in [2.24, 2.45) is 0 Å². The third kappa shape index (κ3) is 4.72. The Balaban J connectivity index is 1.85. The van der Waals surface area contributed by atoms with Gasteiger partial charge in [0.15, 0.2) is 0 Å². The van der Waals surface area contributed by atoms with Crippen molar-refractivity contribution in [2.75, 3.05) is 6.61 Å². The molecule has 0 aliphatic carbocycles. The van der Waals surface area contributed by atoms with Crippen LogP contribution in [0.3, 0.4) is 0 Å². The van der Waals surface area contributed by atoms with Gasteiger partial charge in [-0.3, -0.25) is 0 Å². The number of hydrogen-bond donors (Lipinski definition) is 2. The summed E-state index contributed by atoms with van der Waals surface area (Å²) in [6.07, 6.45) is 1.21. The molecule has 2 atom stereocenters. The van der Waals surface area contributed by atoms with Gasteiger partial charge in [-0.15, -0.1) is 0 Å². The summed E-state index contributed by atoms with van der Waals surface area (Å²) in [6.45, 7) is 6.82. The average Bonchev–Trinajstić information content (AvgIpc) is 2.58. The number of hydrogen-bond acceptors (Lipinski definition) is 3. The van der Waals surface area contributed by atoms with Crippen molar-refractivity contribution in [3.63, 3.8) is 0 Å². The van der Waals surface area contributed by atoms with Crippen LogP contribution >= 0.6 is 0 Å². The summed E-state index contributed by atoms with van der Waals surface area (Å²) in [6, 6.07) is 17.6. The Kier molecular flexibility index (Phi) is 6.19. The van der Waals surface area contributed by atoms with Gasteiger partial charge in [0.2, 0.25) is 0 Å². The van der Waals surface area contributed by atoms with E-state index in [0.717, 1.165) is 16.9 Å². The predicted molar refractivity (Wildman–Crippen MR) is 89.8 cm³/mol. The van der Waals surface area contributed by atoms with Gasteiger partial charge in [0.05, 0.1) is 6.10 Å². The topological polar surface area (TPSA) is 41.5 Å². The molecule has 116 valence electrons. The standard InChI is InChI=1S/C19H23NO2/c1-3-13-22-18-11-9-16(10-12-18)14-20-15(2)19(21)17-7-5-4-6-8-17/h3-12,15,19-21H,1,13-14H2,2H3/t15-,19+/m1/s1. The first kappa shape index (κ1) is 16.3. The molecule has 3 heteroatoms. The molecule has 0 saturated carbocycles. The number of rotatable bonds is 8. The number of aliphatic hydroxyl groups is 1. The Morgan fingerprint density at radius 2 is 1.82 bits per heavy atom. The lowest BCUT2D eigenvalue weighted by atomic mass is 10.0. The highest BCUT2D eigenvalue weighted by atomic mass is 16.5. The van der Waals surface area contributed by atoms with Crippen molar-refractivity contribution in [1.82, 2.24) is 5.32 Å². The summed E-state index contributed by atoms with van der Waals surface area (Å²) >= 11 is 0. The Morgan fingerprint density at radius 1 is 1.14 bits per heavy atom. The lowest BCUT2D eigenvalue weighted by Gasteiger charge is -2.20. The summed E-state index contributed by atoms with van der Waals surface area (Å²) in [5.74, 6) is 0.834. The first-order valence-corrected chi connectivity index (χ1v) is 7.49. The fraction of sp³-hybridized carbons (Fsp3) is 0.263. The Hall–Kier alpha value is -2.10. The van der Waals surface area contributed by atoms with Crippen molar-refractivity contribution >= 4 is 0 Å². The monoisotopic (exact) mass is 297 g/mol. The van der Waals surface area contributed by atoms with Gasteiger partial charge in [0.1, 0.15) is 12.4 Å². The zero-order valence-corrected chi connectivity index (χ0v) is 12.9. The summed E-state index contributed by atoms with van der Waals surface area (Å²) < 4.78 is 5.45. The third-order valence-electron chi connectivity index (χ3n) is 3.53. The lowest BCUT2D eigenvalue weighted by Crippen LogP contribution is -2.31. The maximum atomic E-state index is 10.3. The second-order valence-corrected chi connectivity index (χ2v) is 5.27. The molecule has 0 aliphatic rings. The van der Waals surface area contributed by atoms with Crippen LogP contribution in [-0.2, 0) is 6.54 Å². The van der Waals surface area contributed by atoms with E-state index in [4.69, 9.17) is 4.74 Å². The molecule has 0 bridgehead atoms. The first-order valence-electron chi connectivity index (χ1n) is 7.49. The minimum absolute atomic E-state index is 0.0286. The summed E-state index contributed by atoms with van der Waals surface area (Å²) in [5.41, 5.74) is 2.08. The molecule has 0 aromatic heterocycles.